The van der Waals surface area contributed by atoms with Crippen LogP contribution in [0.3, 0.4) is 0 Å². The van der Waals surface area contributed by atoms with Crippen LogP contribution in [-0.4, -0.2) is 87.1 Å². The number of thioether (sulfide) groups is 1. The van der Waals surface area contributed by atoms with Crippen molar-refractivity contribution in [3.05, 3.63) is 413 Å². The molecule has 29 heteroatoms. The Morgan fingerprint density at radius 2 is 0.923 bits per heavy atom. The van der Waals surface area contributed by atoms with Crippen molar-refractivity contribution in [3.8, 4) is 62.2 Å². The number of aromatic nitrogens is 1. The minimum atomic E-state index is -0.582. The number of benzene rings is 14. The normalized spacial score (nSPS) is 12.2. The number of thiocarbonyl (C=S) groups is 3. The Kier molecular flexibility index (Phi) is 36.5. The third-order valence-electron chi connectivity index (χ3n) is 22.4. The largest absolute Gasteiger partial charge is 0.507 e. The first-order valence-electron chi connectivity index (χ1n) is 44.0. The van der Waals surface area contributed by atoms with E-state index in [2.05, 4.69) is 11.9 Å². The molecule has 0 saturated heterocycles. The number of nitrogens with zero attached hydrogens (tertiary/aromatic N) is 1. The van der Waals surface area contributed by atoms with Crippen LogP contribution >= 0.6 is 138 Å². The van der Waals surface area contributed by atoms with Gasteiger partial charge in [0.2, 0.25) is 0 Å². The molecular weight excluding hydrogens is 2020 g/mol. The minimum Gasteiger partial charge on any atom is -0.507 e. The molecule has 2 N–H and O–H groups in total. The average molecular weight is 2110 g/mol. The number of methoxy groups -OCH3 is 3. The summed E-state index contributed by atoms with van der Waals surface area (Å²) >= 11 is 40.8. The third-order valence-corrected chi connectivity index (χ3v) is 30.6. The van der Waals surface area contributed by atoms with Crippen LogP contribution in [0.4, 0.5) is 11.4 Å². The van der Waals surface area contributed by atoms with Crippen molar-refractivity contribution in [2.75, 3.05) is 32.4 Å². The van der Waals surface area contributed by atoms with E-state index >= 15 is 0 Å². The van der Waals surface area contributed by atoms with Gasteiger partial charge < -0.3 is 48.3 Å². The predicted octanol–water partition coefficient (Wildman–Crippen LogP) is 30.8. The lowest BCUT2D eigenvalue weighted by Gasteiger charge is -2.14. The van der Waals surface area contributed by atoms with Gasteiger partial charge in [0, 0.05) is 67.3 Å². The lowest BCUT2D eigenvalue weighted by molar-refractivity contribution is -0.136. The van der Waals surface area contributed by atoms with Gasteiger partial charge in [0.05, 0.1) is 67.3 Å². The van der Waals surface area contributed by atoms with Crippen molar-refractivity contribution >= 4 is 242 Å². The molecule has 0 amide bonds. The number of rotatable bonds is 25. The fourth-order valence-electron chi connectivity index (χ4n) is 14.7. The van der Waals surface area contributed by atoms with Crippen molar-refractivity contribution in [1.29, 1.82) is 0 Å². The number of hydrogen-bond acceptors (Lipinski definition) is 25. The van der Waals surface area contributed by atoms with E-state index in [1.54, 1.807) is 201 Å². The Hall–Kier alpha value is -13.2. The highest BCUT2D eigenvalue weighted by atomic mass is 35.5. The first-order valence-corrected chi connectivity index (χ1v) is 52.0. The summed E-state index contributed by atoms with van der Waals surface area (Å²) in [6.45, 7) is 13.2. The Balaban J connectivity index is 0.000000143. The van der Waals surface area contributed by atoms with E-state index in [4.69, 9.17) is 122 Å². The second-order valence-corrected chi connectivity index (χ2v) is 41.3. The SMILES string of the molecule is C=C1C=C(c2ccc(OC(=O)Cc3c(C)n(C(=O)c4ccc(Cl)cc4)c4ccc(OC)cc34)cc2)SS1.COc1ccc2cc(C(C)C(=O)Oc3ccc(C(C)=S)cc3)ccc2c1.COc1ccc2cc(C(C)C(=O)Oc3ccc(C(C)=S)cc3)ccc2c1.O=C(Cc1ccccc1Nc1c(Cl)cccc1Cl)Oc1ccc(-c2cc(=S)ss2)cc1.O=C(Oc1ccc(C2=CC(=S)CS2)cc1)c1ccccc1O. The van der Waals surface area contributed by atoms with E-state index in [0.717, 1.165) is 132 Å². The van der Waals surface area contributed by atoms with Gasteiger partial charge in [0.1, 0.15) is 61.1 Å². The van der Waals surface area contributed by atoms with Gasteiger partial charge in [0.15, 0.2) is 0 Å². The van der Waals surface area contributed by atoms with Gasteiger partial charge in [-0.15, -0.1) is 11.8 Å². The maximum absolute atomic E-state index is 13.5. The van der Waals surface area contributed by atoms with Gasteiger partial charge in [-0.25, -0.2) is 4.79 Å². The molecule has 2 aliphatic heterocycles. The number of ether oxygens (including phenoxy) is 8. The molecule has 2 atom stereocenters. The molecule has 0 bridgehead atoms. The highest BCUT2D eigenvalue weighted by molar-refractivity contribution is 8.82. The van der Waals surface area contributed by atoms with E-state index in [9.17, 15) is 33.9 Å². The van der Waals surface area contributed by atoms with Crippen LogP contribution in [0.25, 0.3) is 52.7 Å². The van der Waals surface area contributed by atoms with Crippen LogP contribution in [0.2, 0.25) is 15.1 Å². The summed E-state index contributed by atoms with van der Waals surface area (Å²) < 4.78 is 45.9. The summed E-state index contributed by atoms with van der Waals surface area (Å²) in [6.07, 6.45) is 4.12. The monoisotopic (exact) mass is 2110 g/mol. The van der Waals surface area contributed by atoms with Gasteiger partial charge in [-0.1, -0.05) is 266 Å². The standard InChI is InChI=1S/C29H22ClNO4S2.C23H15Cl2NO2S3.2C22H20O3S.C17H12O3S2/c1-17-14-27(37-36-17)19-6-10-22(11-7-19)35-28(32)16-24-18(2)31(26-13-12-23(34-3)15-25(24)26)29(33)20-4-8-21(30)9-5-20;24-17-5-3-6-18(25)23(17)26-19-7-2-1-4-15(19)12-21(27)28-16-10-8-14(9-11-16)20-13-22(29)31-30-20;2*1-14(22(23)25-20-9-6-16(7-10-20)15(2)26)17-4-5-19-13-21(24-3)11-8-18(19)12-17;18-15-4-2-1-3-14(15)17(19)20-12-7-5-11(6-8-12)16-9-13(21)10-22-16/h4-15H,1,16H2,2-3H3;1-11,13,26H,12H2;2*4-14H,1-3H3;1-9,18H,10H2. The molecule has 0 saturated carbocycles. The van der Waals surface area contributed by atoms with Gasteiger partial charge in [-0.3, -0.25) is 28.5 Å². The Morgan fingerprint density at radius 1 is 0.465 bits per heavy atom. The quantitative estimate of drug-likeness (QED) is 0.0179. The molecule has 142 heavy (non-hydrogen) atoms. The maximum Gasteiger partial charge on any atom is 0.347 e. The highest BCUT2D eigenvalue weighted by Crippen LogP contribution is 2.49. The number of fused-ring (bicyclic) bond motifs is 3. The summed E-state index contributed by atoms with van der Waals surface area (Å²) in [5.74, 6) is 2.55. The number of phenolic OH excluding ortho intramolecular Hbond substituents is 1. The predicted molar refractivity (Wildman–Crippen MR) is 596 cm³/mol. The molecule has 18 rings (SSSR count). The summed E-state index contributed by atoms with van der Waals surface area (Å²) in [4.78, 5) is 83.0. The van der Waals surface area contributed by atoms with Crippen molar-refractivity contribution < 1.29 is 71.8 Å². The number of para-hydroxylation sites is 3. The van der Waals surface area contributed by atoms with Crippen molar-refractivity contribution in [1.82, 2.24) is 4.57 Å². The summed E-state index contributed by atoms with van der Waals surface area (Å²) in [5.41, 5.74) is 11.7. The van der Waals surface area contributed by atoms with Crippen LogP contribution in [0.15, 0.2) is 333 Å². The summed E-state index contributed by atoms with van der Waals surface area (Å²) in [7, 11) is 11.4. The molecule has 0 radical (unpaired) electrons. The molecule has 14 aromatic carbocycles. The first-order chi connectivity index (χ1) is 68.4. The van der Waals surface area contributed by atoms with Crippen LogP contribution < -0.4 is 43.2 Å². The third kappa shape index (κ3) is 27.8. The van der Waals surface area contributed by atoms with Crippen molar-refractivity contribution in [2.45, 2.75) is 59.3 Å². The number of aromatic hydroxyl groups is 1. The van der Waals surface area contributed by atoms with Gasteiger partial charge >= 0.3 is 29.8 Å². The number of halogens is 3. The van der Waals surface area contributed by atoms with E-state index in [1.165, 1.54) is 12.1 Å². The van der Waals surface area contributed by atoms with Crippen LogP contribution in [0, 0.1) is 10.7 Å². The smallest absolute Gasteiger partial charge is 0.347 e. The fourth-order valence-corrected chi connectivity index (χ4v) is 21.3. The Morgan fingerprint density at radius 3 is 1.42 bits per heavy atom. The first kappa shape index (κ1) is 105. The van der Waals surface area contributed by atoms with Crippen molar-refractivity contribution in [3.63, 3.8) is 0 Å². The number of nitrogens with one attached hydrogen (secondary N) is 1. The second kappa shape index (κ2) is 49.5. The fraction of sp³-hybridized carbons (Fsp3) is 0.115. The number of hydrogen-bond donors (Lipinski definition) is 2. The Bertz CT molecular complexity index is 7410. The van der Waals surface area contributed by atoms with E-state index < -0.39 is 11.9 Å². The summed E-state index contributed by atoms with van der Waals surface area (Å²) in [6, 6.07) is 93.5. The number of allylic oxidation sites excluding steroid dienone is 2. The number of carbonyl (C=O) groups excluding carboxylic acids is 6. The minimum absolute atomic E-state index is 0.00435. The van der Waals surface area contributed by atoms with Gasteiger partial charge in [-0.05, 0) is 294 Å². The van der Waals surface area contributed by atoms with E-state index in [-0.39, 0.29) is 59.8 Å². The van der Waals surface area contributed by atoms with E-state index in [0.29, 0.717) is 77.6 Å². The number of phenols is 1. The number of anilines is 2. The molecule has 0 aliphatic carbocycles. The molecule has 4 heterocycles. The highest BCUT2D eigenvalue weighted by Gasteiger charge is 2.27. The zero-order valence-corrected chi connectivity index (χ0v) is 87.1. The topological polar surface area (TPSA) is 213 Å². The van der Waals surface area contributed by atoms with Crippen LogP contribution in [0.1, 0.15) is 110 Å². The maximum atomic E-state index is 13.5. The lowest BCUT2D eigenvalue weighted by Crippen LogP contribution is -2.16. The van der Waals surface area contributed by atoms with Gasteiger partial charge in [0.25, 0.3) is 5.91 Å². The molecule has 16 aromatic rings. The lowest BCUT2D eigenvalue weighted by atomic mass is 9.98. The molecule has 2 aliphatic rings. The zero-order valence-electron chi connectivity index (χ0n) is 77.5. The van der Waals surface area contributed by atoms with Crippen LogP contribution in [-0.2, 0) is 32.0 Å². The average Bonchev–Trinajstić information content (AvgIpc) is 1.60. The van der Waals surface area contributed by atoms with Gasteiger partial charge in [-0.2, -0.15) is 0 Å². The molecule has 17 nitrogen and oxygen atoms in total. The number of esters is 5. The molecule has 0 spiro atoms. The Labute approximate surface area is 877 Å². The van der Waals surface area contributed by atoms with E-state index in [1.807, 2.05) is 223 Å². The summed E-state index contributed by atoms with van der Waals surface area (Å²) in [5, 5.41) is 19.4. The molecule has 0 fully saturated rings. The second-order valence-electron chi connectivity index (χ2n) is 32.0. The molecule has 2 aromatic heterocycles. The van der Waals surface area contributed by atoms with Crippen molar-refractivity contribution in [2.24, 2.45) is 0 Å². The molecule has 716 valence electrons. The molecule has 2 unspecified atom stereocenters. The number of carbonyl (C=O) groups is 6. The zero-order chi connectivity index (χ0) is 101. The van der Waals surface area contributed by atoms with Crippen LogP contribution in [0.5, 0.6) is 51.7 Å². The molecular formula is C113H89Cl3N2O15S9.